The summed E-state index contributed by atoms with van der Waals surface area (Å²) in [6.45, 7) is 0. The fourth-order valence-corrected chi connectivity index (χ4v) is 8.52. The molecule has 0 aliphatic heterocycles. The molecule has 1 heteroatoms. The van der Waals surface area contributed by atoms with Gasteiger partial charge in [0.25, 0.3) is 0 Å². The van der Waals surface area contributed by atoms with Crippen molar-refractivity contribution in [2.45, 2.75) is 0 Å². The van der Waals surface area contributed by atoms with E-state index in [0.717, 1.165) is 17.1 Å². The summed E-state index contributed by atoms with van der Waals surface area (Å²) in [4.78, 5) is 2.40. The van der Waals surface area contributed by atoms with E-state index in [2.05, 4.69) is 193 Å². The summed E-state index contributed by atoms with van der Waals surface area (Å²) < 4.78 is 0. The van der Waals surface area contributed by atoms with Gasteiger partial charge in [-0.1, -0.05) is 127 Å². The van der Waals surface area contributed by atoms with Gasteiger partial charge in [-0.15, -0.1) is 0 Å². The number of para-hydroxylation sites is 1. The minimum atomic E-state index is 1.13. The van der Waals surface area contributed by atoms with Gasteiger partial charge in [-0.05, 0) is 148 Å². The van der Waals surface area contributed by atoms with Gasteiger partial charge >= 0.3 is 0 Å². The molecule has 0 radical (unpaired) electrons. The van der Waals surface area contributed by atoms with Gasteiger partial charge in [-0.25, -0.2) is 0 Å². The molecule has 0 aromatic heterocycles. The molecule has 0 spiro atoms. The summed E-state index contributed by atoms with van der Waals surface area (Å²) in [5.74, 6) is 0. The van der Waals surface area contributed by atoms with Crippen LogP contribution >= 0.6 is 0 Å². The van der Waals surface area contributed by atoms with E-state index in [1.165, 1.54) is 86.9 Å². The highest BCUT2D eigenvalue weighted by Crippen LogP contribution is 2.44. The molecule has 51 heavy (non-hydrogen) atoms. The lowest BCUT2D eigenvalue weighted by Gasteiger charge is -2.27. The number of rotatable bonds is 5. The van der Waals surface area contributed by atoms with E-state index in [1.54, 1.807) is 0 Å². The summed E-state index contributed by atoms with van der Waals surface area (Å²) >= 11 is 0. The van der Waals surface area contributed by atoms with Crippen molar-refractivity contribution in [3.63, 3.8) is 0 Å². The van der Waals surface area contributed by atoms with Crippen molar-refractivity contribution in [3.05, 3.63) is 188 Å². The molecule has 0 saturated heterocycles. The van der Waals surface area contributed by atoms with Crippen LogP contribution in [-0.4, -0.2) is 0 Å². The molecular formula is C50H31N. The van der Waals surface area contributed by atoms with Crippen LogP contribution in [0.3, 0.4) is 0 Å². The van der Waals surface area contributed by atoms with Crippen LogP contribution in [0.2, 0.25) is 0 Å². The first-order valence-corrected chi connectivity index (χ1v) is 17.7. The summed E-state index contributed by atoms with van der Waals surface area (Å²) in [6.07, 6.45) is 0. The molecule has 236 valence electrons. The highest BCUT2D eigenvalue weighted by molar-refractivity contribution is 6.25. The Morgan fingerprint density at radius 2 is 0.608 bits per heavy atom. The second-order valence-electron chi connectivity index (χ2n) is 13.8. The van der Waals surface area contributed by atoms with Gasteiger partial charge in [0, 0.05) is 17.1 Å². The van der Waals surface area contributed by atoms with E-state index < -0.39 is 0 Å². The quantitative estimate of drug-likeness (QED) is 0.168. The Kier molecular flexibility index (Phi) is 6.02. The summed E-state index contributed by atoms with van der Waals surface area (Å²) in [6, 6.07) is 69.4. The molecule has 1 nitrogen and oxygen atoms in total. The molecular weight excluding hydrogens is 615 g/mol. The van der Waals surface area contributed by atoms with E-state index in [9.17, 15) is 0 Å². The Hall–Kier alpha value is -6.70. The van der Waals surface area contributed by atoms with Crippen LogP contribution in [0, 0.1) is 0 Å². The third-order valence-electron chi connectivity index (χ3n) is 10.8. The summed E-state index contributed by atoms with van der Waals surface area (Å²) in [5.41, 5.74) is 8.32. The lowest BCUT2D eigenvalue weighted by atomic mass is 9.90. The SMILES string of the molecule is c1ccc(-c2cc3ccc4cc(N(c5ccccc5)c5cccc(-c6cc7ccc8cccc9ccc(c6)c7c89)c5)cc5ccc(c2)c3c45)cc1. The zero-order valence-electron chi connectivity index (χ0n) is 27.8. The fraction of sp³-hybridized carbons (Fsp3) is 0. The first-order valence-electron chi connectivity index (χ1n) is 17.7. The van der Waals surface area contributed by atoms with Crippen molar-refractivity contribution >= 4 is 81.7 Å². The van der Waals surface area contributed by atoms with Gasteiger partial charge in [0.15, 0.2) is 0 Å². The van der Waals surface area contributed by atoms with E-state index >= 15 is 0 Å². The van der Waals surface area contributed by atoms with Crippen molar-refractivity contribution in [3.8, 4) is 22.3 Å². The van der Waals surface area contributed by atoms with E-state index in [4.69, 9.17) is 0 Å². The van der Waals surface area contributed by atoms with Crippen molar-refractivity contribution in [1.82, 2.24) is 0 Å². The predicted molar refractivity (Wildman–Crippen MR) is 219 cm³/mol. The molecule has 0 N–H and O–H groups in total. The second-order valence-corrected chi connectivity index (χ2v) is 13.8. The number of hydrogen-bond donors (Lipinski definition) is 0. The Bertz CT molecular complexity index is 2940. The van der Waals surface area contributed by atoms with Crippen molar-refractivity contribution in [2.24, 2.45) is 0 Å². The molecule has 0 aliphatic carbocycles. The third-order valence-corrected chi connectivity index (χ3v) is 10.8. The number of benzene rings is 11. The Labute approximate surface area is 295 Å². The van der Waals surface area contributed by atoms with Crippen LogP contribution < -0.4 is 4.90 Å². The molecule has 11 rings (SSSR count). The molecule has 11 aromatic rings. The standard InChI is InChI=1S/C50H31N/c1-3-9-32(10-4-1)42-25-38-21-23-40-30-46(31-41-24-22-39(26-42)49(38)50(40)41)51(44-14-5-2-6-15-44)45-16-8-13-35(29-45)43-27-36-19-17-33-11-7-12-34-18-20-37(28-43)48(36)47(33)34/h1-31H. The van der Waals surface area contributed by atoms with Crippen LogP contribution in [0.15, 0.2) is 188 Å². The zero-order chi connectivity index (χ0) is 33.5. The molecule has 0 bridgehead atoms. The molecule has 0 unspecified atom stereocenters. The lowest BCUT2D eigenvalue weighted by molar-refractivity contribution is 1.29. The average molecular weight is 646 g/mol. The van der Waals surface area contributed by atoms with Crippen LogP contribution in [0.1, 0.15) is 0 Å². The summed E-state index contributed by atoms with van der Waals surface area (Å²) in [7, 11) is 0. The first kappa shape index (κ1) is 28.2. The summed E-state index contributed by atoms with van der Waals surface area (Å²) in [5, 5.41) is 15.6. The van der Waals surface area contributed by atoms with Crippen LogP contribution in [0.5, 0.6) is 0 Å². The van der Waals surface area contributed by atoms with Gasteiger partial charge in [-0.3, -0.25) is 0 Å². The molecule has 0 atom stereocenters. The van der Waals surface area contributed by atoms with Crippen molar-refractivity contribution in [1.29, 1.82) is 0 Å². The number of anilines is 3. The van der Waals surface area contributed by atoms with Crippen molar-refractivity contribution < 1.29 is 0 Å². The Balaban J connectivity index is 1.07. The normalized spacial score (nSPS) is 11.9. The van der Waals surface area contributed by atoms with E-state index in [-0.39, 0.29) is 0 Å². The third kappa shape index (κ3) is 4.42. The lowest BCUT2D eigenvalue weighted by Crippen LogP contribution is -2.10. The highest BCUT2D eigenvalue weighted by Gasteiger charge is 2.18. The Morgan fingerprint density at radius 1 is 0.216 bits per heavy atom. The van der Waals surface area contributed by atoms with Gasteiger partial charge in [-0.2, -0.15) is 0 Å². The monoisotopic (exact) mass is 645 g/mol. The smallest absolute Gasteiger partial charge is 0.0473 e. The highest BCUT2D eigenvalue weighted by atomic mass is 15.1. The number of hydrogen-bond acceptors (Lipinski definition) is 1. The molecule has 11 aromatic carbocycles. The van der Waals surface area contributed by atoms with Crippen LogP contribution in [0.25, 0.3) is 86.9 Å². The number of nitrogens with zero attached hydrogens (tertiary/aromatic N) is 1. The minimum Gasteiger partial charge on any atom is -0.310 e. The van der Waals surface area contributed by atoms with E-state index in [1.807, 2.05) is 0 Å². The first-order chi connectivity index (χ1) is 25.2. The second kappa shape index (κ2) is 10.9. The van der Waals surface area contributed by atoms with Crippen molar-refractivity contribution in [2.75, 3.05) is 4.90 Å². The average Bonchev–Trinajstić information content (AvgIpc) is 3.19. The molecule has 0 aliphatic rings. The van der Waals surface area contributed by atoms with E-state index in [0.29, 0.717) is 0 Å². The molecule has 0 heterocycles. The maximum Gasteiger partial charge on any atom is 0.0473 e. The molecule has 0 saturated carbocycles. The Morgan fingerprint density at radius 3 is 1.16 bits per heavy atom. The predicted octanol–water partition coefficient (Wildman–Crippen LogP) is 14.3. The van der Waals surface area contributed by atoms with Crippen LogP contribution in [0.4, 0.5) is 17.1 Å². The zero-order valence-corrected chi connectivity index (χ0v) is 27.8. The van der Waals surface area contributed by atoms with Gasteiger partial charge in [0.05, 0.1) is 0 Å². The van der Waals surface area contributed by atoms with Crippen LogP contribution in [-0.2, 0) is 0 Å². The largest absolute Gasteiger partial charge is 0.310 e. The molecule has 0 amide bonds. The maximum absolute atomic E-state index is 2.40. The van der Waals surface area contributed by atoms with Gasteiger partial charge in [0.2, 0.25) is 0 Å². The van der Waals surface area contributed by atoms with Gasteiger partial charge in [0.1, 0.15) is 0 Å². The maximum atomic E-state index is 2.40. The fourth-order valence-electron chi connectivity index (χ4n) is 8.52. The van der Waals surface area contributed by atoms with Gasteiger partial charge < -0.3 is 4.90 Å². The minimum absolute atomic E-state index is 1.13. The topological polar surface area (TPSA) is 3.24 Å². The molecule has 0 fully saturated rings.